The minimum atomic E-state index is -0.501. The summed E-state index contributed by atoms with van der Waals surface area (Å²) in [7, 11) is 0. The highest BCUT2D eigenvalue weighted by Gasteiger charge is 2.54. The van der Waals surface area contributed by atoms with E-state index >= 15 is 0 Å². The van der Waals surface area contributed by atoms with E-state index in [0.29, 0.717) is 12.3 Å². The van der Waals surface area contributed by atoms with Crippen molar-refractivity contribution >= 4 is 22.5 Å². The van der Waals surface area contributed by atoms with Crippen molar-refractivity contribution in [2.75, 3.05) is 18.0 Å². The van der Waals surface area contributed by atoms with Gasteiger partial charge in [-0.15, -0.1) is 0 Å². The number of aromatic amines is 1. The lowest BCUT2D eigenvalue weighted by Crippen LogP contribution is -2.65. The van der Waals surface area contributed by atoms with Crippen LogP contribution in [0.5, 0.6) is 0 Å². The zero-order valence-electron chi connectivity index (χ0n) is 18.6. The number of hydrogen-bond donors (Lipinski definition) is 2. The van der Waals surface area contributed by atoms with E-state index in [1.807, 2.05) is 0 Å². The fourth-order valence-electron chi connectivity index (χ4n) is 7.45. The van der Waals surface area contributed by atoms with E-state index in [1.165, 1.54) is 41.4 Å². The normalized spacial score (nSPS) is 33.3. The molecule has 2 N–H and O–H groups in total. The van der Waals surface area contributed by atoms with Crippen LogP contribution in [0, 0.1) is 5.92 Å². The molecular formula is C26H35N3O2. The summed E-state index contributed by atoms with van der Waals surface area (Å²) in [6.45, 7) is 4.45. The third-order valence-corrected chi connectivity index (χ3v) is 8.61. The van der Waals surface area contributed by atoms with Crippen LogP contribution in [0.3, 0.4) is 0 Å². The van der Waals surface area contributed by atoms with Crippen LogP contribution in [-0.4, -0.2) is 51.7 Å². The van der Waals surface area contributed by atoms with Crippen LogP contribution in [0.25, 0.3) is 10.9 Å². The number of amides is 1. The number of carbonyl (C=O) groups excluding carboxylic acids is 1. The molecule has 2 saturated carbocycles. The molecule has 4 heterocycles. The molecular weight excluding hydrogens is 386 g/mol. The summed E-state index contributed by atoms with van der Waals surface area (Å²) in [4.78, 5) is 21.7. The molecule has 3 unspecified atom stereocenters. The van der Waals surface area contributed by atoms with Gasteiger partial charge in [0.1, 0.15) is 0 Å². The van der Waals surface area contributed by atoms with Gasteiger partial charge in [-0.05, 0) is 80.9 Å². The van der Waals surface area contributed by atoms with Crippen LogP contribution in [0.4, 0.5) is 5.69 Å². The first-order chi connectivity index (χ1) is 15.0. The quantitative estimate of drug-likeness (QED) is 0.761. The van der Waals surface area contributed by atoms with Crippen molar-refractivity contribution < 1.29 is 9.90 Å². The number of aromatic nitrogens is 1. The number of carbonyl (C=O) groups is 1. The summed E-state index contributed by atoms with van der Waals surface area (Å²) in [5, 5.41) is 12.2. The molecule has 5 nitrogen and oxygen atoms in total. The van der Waals surface area contributed by atoms with Gasteiger partial charge >= 0.3 is 0 Å². The lowest BCUT2D eigenvalue weighted by atomic mass is 9.61. The molecule has 3 aliphatic heterocycles. The molecule has 0 spiro atoms. The Kier molecular flexibility index (Phi) is 4.60. The molecule has 0 radical (unpaired) electrons. The van der Waals surface area contributed by atoms with Gasteiger partial charge in [0.2, 0.25) is 5.91 Å². The Morgan fingerprint density at radius 1 is 1.16 bits per heavy atom. The van der Waals surface area contributed by atoms with Crippen molar-refractivity contribution in [3.05, 3.63) is 30.0 Å². The molecule has 2 aromatic rings. The number of nitrogens with zero attached hydrogens (tertiary/aromatic N) is 2. The first kappa shape index (κ1) is 19.7. The van der Waals surface area contributed by atoms with Gasteiger partial charge in [0.15, 0.2) is 0 Å². The van der Waals surface area contributed by atoms with E-state index in [4.69, 9.17) is 0 Å². The number of hydrogen-bond acceptors (Lipinski definition) is 3. The van der Waals surface area contributed by atoms with Crippen LogP contribution in [-0.2, 0) is 4.79 Å². The number of rotatable bonds is 4. The molecule has 4 bridgehead atoms. The molecule has 166 valence electrons. The molecule has 1 aromatic heterocycles. The summed E-state index contributed by atoms with van der Waals surface area (Å²) in [6.07, 6.45) is 11.2. The highest BCUT2D eigenvalue weighted by atomic mass is 16.3. The van der Waals surface area contributed by atoms with Gasteiger partial charge < -0.3 is 19.9 Å². The topological polar surface area (TPSA) is 59.6 Å². The molecule has 5 heteroatoms. The Bertz CT molecular complexity index is 976. The van der Waals surface area contributed by atoms with Crippen LogP contribution in [0.15, 0.2) is 24.4 Å². The number of fused-ring (bicyclic) bond motifs is 1. The third-order valence-electron chi connectivity index (χ3n) is 8.61. The first-order valence-electron chi connectivity index (χ1n) is 12.4. The van der Waals surface area contributed by atoms with Crippen molar-refractivity contribution in [3.63, 3.8) is 0 Å². The second-order valence-corrected chi connectivity index (χ2v) is 10.9. The molecule has 1 aromatic carbocycles. The molecule has 5 aliphatic rings. The predicted molar refractivity (Wildman–Crippen MR) is 123 cm³/mol. The predicted octanol–water partition coefficient (Wildman–Crippen LogP) is 4.56. The lowest BCUT2D eigenvalue weighted by Gasteiger charge is -2.59. The van der Waals surface area contributed by atoms with Crippen molar-refractivity contribution in [1.29, 1.82) is 0 Å². The summed E-state index contributed by atoms with van der Waals surface area (Å²) < 4.78 is 0. The SMILES string of the molecule is CC(CC(=O)N1C2CC3CC1CC(O)(C3)C2)c1c[nH]c2cccc(N3CCCCC3)c12. The maximum atomic E-state index is 13.5. The third kappa shape index (κ3) is 3.27. The molecule has 7 rings (SSSR count). The Morgan fingerprint density at radius 2 is 1.90 bits per heavy atom. The molecule has 3 saturated heterocycles. The average molecular weight is 422 g/mol. The van der Waals surface area contributed by atoms with Gasteiger partial charge in [0.05, 0.1) is 5.60 Å². The minimum Gasteiger partial charge on any atom is -0.390 e. The maximum absolute atomic E-state index is 13.5. The van der Waals surface area contributed by atoms with Crippen molar-refractivity contribution in [2.24, 2.45) is 5.92 Å². The Hall–Kier alpha value is -2.01. The number of nitrogens with one attached hydrogen (secondary N) is 1. The van der Waals surface area contributed by atoms with Crippen LogP contribution in [0.1, 0.15) is 76.2 Å². The Balaban J connectivity index is 1.25. The smallest absolute Gasteiger partial charge is 0.223 e. The van der Waals surface area contributed by atoms with Crippen LogP contribution in [0.2, 0.25) is 0 Å². The zero-order chi connectivity index (χ0) is 21.2. The molecule has 31 heavy (non-hydrogen) atoms. The largest absolute Gasteiger partial charge is 0.390 e. The molecule has 2 aliphatic carbocycles. The average Bonchev–Trinajstić information content (AvgIpc) is 3.17. The van der Waals surface area contributed by atoms with Crippen molar-refractivity contribution in [1.82, 2.24) is 9.88 Å². The van der Waals surface area contributed by atoms with E-state index in [-0.39, 0.29) is 23.9 Å². The summed E-state index contributed by atoms with van der Waals surface area (Å²) >= 11 is 0. The van der Waals surface area contributed by atoms with E-state index < -0.39 is 5.60 Å². The minimum absolute atomic E-state index is 0.174. The second kappa shape index (κ2) is 7.26. The fourth-order valence-corrected chi connectivity index (χ4v) is 7.45. The highest BCUT2D eigenvalue weighted by Crippen LogP contribution is 2.51. The molecule has 1 amide bonds. The first-order valence-corrected chi connectivity index (χ1v) is 12.4. The van der Waals surface area contributed by atoms with Crippen LogP contribution >= 0.6 is 0 Å². The van der Waals surface area contributed by atoms with E-state index in [0.717, 1.165) is 45.2 Å². The van der Waals surface area contributed by atoms with Gasteiger partial charge in [0, 0.05) is 54.4 Å². The number of aliphatic hydroxyl groups is 1. The van der Waals surface area contributed by atoms with E-state index in [9.17, 15) is 9.90 Å². The fraction of sp³-hybridized carbons (Fsp3) is 0.654. The number of anilines is 1. The Morgan fingerprint density at radius 3 is 2.61 bits per heavy atom. The molecule has 5 fully saturated rings. The summed E-state index contributed by atoms with van der Waals surface area (Å²) in [6, 6.07) is 7.06. The van der Waals surface area contributed by atoms with Gasteiger partial charge in [-0.3, -0.25) is 4.79 Å². The zero-order valence-corrected chi connectivity index (χ0v) is 18.6. The van der Waals surface area contributed by atoms with Crippen molar-refractivity contribution in [3.8, 4) is 0 Å². The summed E-state index contributed by atoms with van der Waals surface area (Å²) in [5.74, 6) is 1.08. The maximum Gasteiger partial charge on any atom is 0.223 e. The second-order valence-electron chi connectivity index (χ2n) is 10.9. The van der Waals surface area contributed by atoms with Gasteiger partial charge in [0.25, 0.3) is 0 Å². The highest BCUT2D eigenvalue weighted by molar-refractivity contribution is 5.96. The van der Waals surface area contributed by atoms with Gasteiger partial charge in [-0.1, -0.05) is 13.0 Å². The van der Waals surface area contributed by atoms with Gasteiger partial charge in [-0.2, -0.15) is 0 Å². The summed E-state index contributed by atoms with van der Waals surface area (Å²) in [5.41, 5.74) is 3.27. The van der Waals surface area contributed by atoms with Gasteiger partial charge in [-0.25, -0.2) is 0 Å². The van der Waals surface area contributed by atoms with Crippen LogP contribution < -0.4 is 4.90 Å². The lowest BCUT2D eigenvalue weighted by molar-refractivity contribution is -0.174. The number of piperidine rings is 3. The van der Waals surface area contributed by atoms with Crippen molar-refractivity contribution in [2.45, 2.75) is 88.3 Å². The monoisotopic (exact) mass is 421 g/mol. The van der Waals surface area contributed by atoms with E-state index in [1.54, 1.807) is 0 Å². The number of benzene rings is 1. The Labute approximate surface area is 184 Å². The standard InChI is InChI=1S/C26H35N3O2/c1-17(10-24(30)29-19-11-18-12-20(29)15-26(31,13-18)14-19)21-16-27-22-6-5-7-23(25(21)22)28-8-3-2-4-9-28/h5-7,16-20,27,31H,2-4,8-15H2,1H3. The van der Waals surface area contributed by atoms with E-state index in [2.05, 4.69) is 46.1 Å². The number of H-pyrrole nitrogens is 1. The molecule has 3 atom stereocenters.